The first-order valence-corrected chi connectivity index (χ1v) is 15.7. The van der Waals surface area contributed by atoms with Gasteiger partial charge in [0, 0.05) is 17.3 Å². The van der Waals surface area contributed by atoms with Crippen LogP contribution >= 0.6 is 0 Å². The van der Waals surface area contributed by atoms with Gasteiger partial charge in [-0.05, 0) is 105 Å². The van der Waals surface area contributed by atoms with Crippen LogP contribution in [-0.4, -0.2) is 53.0 Å². The highest BCUT2D eigenvalue weighted by atomic mass is 16.6. The number of aliphatic hydroxyl groups excluding tert-OH is 2. The molecule has 7 fully saturated rings. The van der Waals surface area contributed by atoms with E-state index in [4.69, 9.17) is 9.47 Å². The fourth-order valence-corrected chi connectivity index (χ4v) is 12.3. The van der Waals surface area contributed by atoms with Gasteiger partial charge >= 0.3 is 5.97 Å². The third-order valence-corrected chi connectivity index (χ3v) is 14.5. The minimum absolute atomic E-state index is 0.0993. The highest BCUT2D eigenvalue weighted by Crippen LogP contribution is 2.79. The maximum Gasteiger partial charge on any atom is 0.312 e. The van der Waals surface area contributed by atoms with Crippen molar-refractivity contribution in [2.45, 2.75) is 111 Å². The van der Waals surface area contributed by atoms with Crippen molar-refractivity contribution in [2.75, 3.05) is 19.8 Å². The predicted molar refractivity (Wildman–Crippen MR) is 148 cm³/mol. The van der Waals surface area contributed by atoms with Gasteiger partial charge in [0.05, 0.1) is 18.6 Å². The molecular formula is C33H52O6. The van der Waals surface area contributed by atoms with Crippen LogP contribution in [0, 0.1) is 56.7 Å². The summed E-state index contributed by atoms with van der Waals surface area (Å²) in [4.78, 5) is 13.8. The molecule has 7 aliphatic rings. The summed E-state index contributed by atoms with van der Waals surface area (Å²) >= 11 is 0. The summed E-state index contributed by atoms with van der Waals surface area (Å²) in [7, 11) is 0. The Morgan fingerprint density at radius 1 is 0.974 bits per heavy atom. The molecule has 6 nitrogen and oxygen atoms in total. The Hall–Kier alpha value is -0.950. The van der Waals surface area contributed by atoms with Gasteiger partial charge < -0.3 is 24.8 Å². The van der Waals surface area contributed by atoms with Gasteiger partial charge in [0.2, 0.25) is 0 Å². The summed E-state index contributed by atoms with van der Waals surface area (Å²) < 4.78 is 12.1. The molecule has 6 heteroatoms. The normalized spacial score (nSPS) is 52.2. The first-order valence-electron chi connectivity index (χ1n) is 15.7. The summed E-state index contributed by atoms with van der Waals surface area (Å²) in [6.45, 7) is 16.3. The standard InChI is InChI=1S/C33H52O6/c1-20(2)22-9-12-31(27(36)38-18-21(35)17-34)14-13-29(5)23(26(22)31)7-8-25-30(29,6)11-10-24-28(3,4)33(37)16-15-32(24,25)19-39-33/h21-26,34-35,37H,1,7-19H2,2-6H3/t21?,22-,23+,24-,25-,26+,29+,30+,31-,32+,33+/m0/s1. The molecule has 2 saturated heterocycles. The lowest BCUT2D eigenvalue weighted by Gasteiger charge is -2.75. The summed E-state index contributed by atoms with van der Waals surface area (Å²) in [5.41, 5.74) is 0.763. The molecule has 0 aromatic heterocycles. The molecule has 0 aromatic carbocycles. The van der Waals surface area contributed by atoms with E-state index >= 15 is 0 Å². The lowest BCUT2D eigenvalue weighted by atomic mass is 9.31. The van der Waals surface area contributed by atoms with E-state index in [1.54, 1.807) is 0 Å². The lowest BCUT2D eigenvalue weighted by molar-refractivity contribution is -0.400. The van der Waals surface area contributed by atoms with Crippen molar-refractivity contribution in [2.24, 2.45) is 56.7 Å². The van der Waals surface area contributed by atoms with Crippen LogP contribution in [0.4, 0.5) is 0 Å². The van der Waals surface area contributed by atoms with Crippen LogP contribution in [0.2, 0.25) is 0 Å². The number of rotatable bonds is 5. The second-order valence-corrected chi connectivity index (χ2v) is 15.8. The van der Waals surface area contributed by atoms with E-state index in [9.17, 15) is 20.1 Å². The Kier molecular flexibility index (Phi) is 6.35. The third-order valence-electron chi connectivity index (χ3n) is 14.5. The number of carbonyl (C=O) groups is 1. The number of hydrogen-bond acceptors (Lipinski definition) is 6. The van der Waals surface area contributed by atoms with E-state index in [1.165, 1.54) is 12.0 Å². The van der Waals surface area contributed by atoms with Crippen molar-refractivity contribution < 1.29 is 29.6 Å². The molecule has 0 aromatic rings. The van der Waals surface area contributed by atoms with Gasteiger partial charge in [0.15, 0.2) is 5.79 Å². The van der Waals surface area contributed by atoms with Crippen LogP contribution in [0.5, 0.6) is 0 Å². The second kappa shape index (κ2) is 8.78. The van der Waals surface area contributed by atoms with Gasteiger partial charge in [0.25, 0.3) is 0 Å². The van der Waals surface area contributed by atoms with Gasteiger partial charge in [-0.2, -0.15) is 0 Å². The zero-order valence-corrected chi connectivity index (χ0v) is 24.9. The third kappa shape index (κ3) is 3.38. The Morgan fingerprint density at radius 3 is 2.36 bits per heavy atom. The molecule has 2 heterocycles. The van der Waals surface area contributed by atoms with Crippen molar-refractivity contribution in [1.82, 2.24) is 0 Å². The molecule has 7 rings (SSSR count). The number of fused-ring (bicyclic) bond motifs is 7. The summed E-state index contributed by atoms with van der Waals surface area (Å²) in [5.74, 6) is 0.782. The zero-order valence-electron chi connectivity index (χ0n) is 24.9. The maximum absolute atomic E-state index is 13.8. The van der Waals surface area contributed by atoms with E-state index in [2.05, 4.69) is 41.2 Å². The number of hydrogen-bond donors (Lipinski definition) is 3. The van der Waals surface area contributed by atoms with Crippen molar-refractivity contribution in [1.29, 1.82) is 0 Å². The Morgan fingerprint density at radius 2 is 1.72 bits per heavy atom. The van der Waals surface area contributed by atoms with Gasteiger partial charge in [-0.25, -0.2) is 0 Å². The van der Waals surface area contributed by atoms with Crippen LogP contribution in [0.1, 0.15) is 98.8 Å². The number of allylic oxidation sites excluding steroid dienone is 1. The predicted octanol–water partition coefficient (Wildman–Crippen LogP) is 5.24. The van der Waals surface area contributed by atoms with Crippen LogP contribution < -0.4 is 0 Å². The molecule has 5 aliphatic carbocycles. The van der Waals surface area contributed by atoms with Crippen LogP contribution in [0.25, 0.3) is 0 Å². The number of aliphatic hydroxyl groups is 3. The highest BCUT2D eigenvalue weighted by Gasteiger charge is 2.76. The average molecular weight is 545 g/mol. The number of esters is 1. The Bertz CT molecular complexity index is 1030. The summed E-state index contributed by atoms with van der Waals surface area (Å²) in [6.07, 6.45) is 8.94. The molecule has 5 saturated carbocycles. The molecule has 0 amide bonds. The van der Waals surface area contributed by atoms with Crippen molar-refractivity contribution in [3.63, 3.8) is 0 Å². The molecule has 1 unspecified atom stereocenters. The Balaban J connectivity index is 1.36. The minimum Gasteiger partial charge on any atom is -0.462 e. The second-order valence-electron chi connectivity index (χ2n) is 15.8. The quantitative estimate of drug-likeness (QED) is 0.324. The molecule has 2 aliphatic heterocycles. The molecule has 11 atom stereocenters. The number of carbonyl (C=O) groups excluding carboxylic acids is 1. The average Bonchev–Trinajstić information content (AvgIpc) is 3.30. The van der Waals surface area contributed by atoms with Gasteiger partial charge in [-0.15, -0.1) is 0 Å². The van der Waals surface area contributed by atoms with Crippen LogP contribution in [0.3, 0.4) is 0 Å². The highest BCUT2D eigenvalue weighted by molar-refractivity contribution is 5.78. The van der Waals surface area contributed by atoms with E-state index in [0.29, 0.717) is 30.3 Å². The smallest absolute Gasteiger partial charge is 0.312 e. The number of ether oxygens (including phenoxy) is 2. The molecular weight excluding hydrogens is 492 g/mol. The molecule has 220 valence electrons. The summed E-state index contributed by atoms with van der Waals surface area (Å²) in [5, 5.41) is 30.6. The van der Waals surface area contributed by atoms with Crippen molar-refractivity contribution in [3.05, 3.63) is 12.2 Å². The van der Waals surface area contributed by atoms with Crippen molar-refractivity contribution >= 4 is 5.97 Å². The molecule has 39 heavy (non-hydrogen) atoms. The monoisotopic (exact) mass is 544 g/mol. The van der Waals surface area contributed by atoms with E-state index < -0.39 is 23.9 Å². The van der Waals surface area contributed by atoms with Gasteiger partial charge in [0.1, 0.15) is 12.7 Å². The van der Waals surface area contributed by atoms with Gasteiger partial charge in [-0.3, -0.25) is 4.79 Å². The van der Waals surface area contributed by atoms with Crippen LogP contribution in [0.15, 0.2) is 12.2 Å². The lowest BCUT2D eigenvalue weighted by Crippen LogP contribution is -2.74. The fourth-order valence-electron chi connectivity index (χ4n) is 12.3. The molecule has 0 radical (unpaired) electrons. The summed E-state index contributed by atoms with van der Waals surface area (Å²) in [6, 6.07) is 0. The fraction of sp³-hybridized carbons (Fsp3) is 0.909. The SMILES string of the molecule is C=C(C)[C@@H]1CC[C@]2(C(=O)OCC(O)CO)CC[C@]3(C)[C@H](CC[C@@H]4[C@]56CC[C@@](O)(OC5)C(C)(C)[C@@H]6CC[C@]43C)[C@@H]12. The first kappa shape index (κ1) is 28.2. The molecule has 2 bridgehead atoms. The van der Waals surface area contributed by atoms with E-state index in [0.717, 1.165) is 57.8 Å². The Labute approximate surface area is 234 Å². The first-order chi connectivity index (χ1) is 18.2. The molecule has 3 N–H and O–H groups in total. The largest absolute Gasteiger partial charge is 0.462 e. The van der Waals surface area contributed by atoms with Crippen LogP contribution in [-0.2, 0) is 14.3 Å². The van der Waals surface area contributed by atoms with Gasteiger partial charge in [-0.1, -0.05) is 39.8 Å². The van der Waals surface area contributed by atoms with E-state index in [1.807, 2.05) is 0 Å². The van der Waals surface area contributed by atoms with E-state index in [-0.39, 0.29) is 40.2 Å². The molecule has 1 spiro atoms. The topological polar surface area (TPSA) is 96.2 Å². The zero-order chi connectivity index (χ0) is 28.2. The maximum atomic E-state index is 13.8. The van der Waals surface area contributed by atoms with Crippen molar-refractivity contribution in [3.8, 4) is 0 Å². The minimum atomic E-state index is -1.03.